The van der Waals surface area contributed by atoms with Crippen LogP contribution in [0.4, 0.5) is 0 Å². The van der Waals surface area contributed by atoms with Gasteiger partial charge >= 0.3 is 0 Å². The van der Waals surface area contributed by atoms with Crippen LogP contribution in [0.5, 0.6) is 0 Å². The summed E-state index contributed by atoms with van der Waals surface area (Å²) in [7, 11) is 0. The standard InChI is InChI=1S/C13H10N4/c14-9-13(4-5-13)12-16-7-3-11(17-12)10-2-1-6-15-8-10/h1-3,6-8H,4-5H2. The van der Waals surface area contributed by atoms with Gasteiger partial charge in [-0.25, -0.2) is 9.97 Å². The van der Waals surface area contributed by atoms with Crippen molar-refractivity contribution in [2.45, 2.75) is 18.3 Å². The lowest BCUT2D eigenvalue weighted by Gasteiger charge is -2.06. The smallest absolute Gasteiger partial charge is 0.149 e. The zero-order valence-electron chi connectivity index (χ0n) is 9.17. The summed E-state index contributed by atoms with van der Waals surface area (Å²) in [5.74, 6) is 0.640. The molecule has 0 aromatic carbocycles. The Kier molecular flexibility index (Phi) is 2.12. The molecule has 2 aromatic heterocycles. The van der Waals surface area contributed by atoms with Gasteiger partial charge in [-0.2, -0.15) is 5.26 Å². The molecule has 0 unspecified atom stereocenters. The summed E-state index contributed by atoms with van der Waals surface area (Å²) < 4.78 is 0. The topological polar surface area (TPSA) is 62.5 Å². The molecule has 1 saturated carbocycles. The van der Waals surface area contributed by atoms with Crippen molar-refractivity contribution in [2.24, 2.45) is 0 Å². The van der Waals surface area contributed by atoms with Crippen molar-refractivity contribution < 1.29 is 0 Å². The summed E-state index contributed by atoms with van der Waals surface area (Å²) >= 11 is 0. The Bertz CT molecular complexity index is 582. The molecule has 2 aromatic rings. The number of rotatable bonds is 2. The van der Waals surface area contributed by atoms with Crippen molar-refractivity contribution in [1.29, 1.82) is 5.26 Å². The van der Waals surface area contributed by atoms with Gasteiger partial charge in [0.2, 0.25) is 0 Å². The fourth-order valence-electron chi connectivity index (χ4n) is 1.77. The van der Waals surface area contributed by atoms with Crippen LogP contribution in [0.2, 0.25) is 0 Å². The van der Waals surface area contributed by atoms with E-state index in [2.05, 4.69) is 21.0 Å². The second-order valence-corrected chi connectivity index (χ2v) is 4.20. The van der Waals surface area contributed by atoms with Crippen molar-refractivity contribution in [1.82, 2.24) is 15.0 Å². The number of hydrogen-bond acceptors (Lipinski definition) is 4. The number of nitrogens with zero attached hydrogens (tertiary/aromatic N) is 4. The van der Waals surface area contributed by atoms with Crippen LogP contribution in [0.15, 0.2) is 36.8 Å². The van der Waals surface area contributed by atoms with Crippen molar-refractivity contribution in [2.75, 3.05) is 0 Å². The highest BCUT2D eigenvalue weighted by Gasteiger charge is 2.47. The van der Waals surface area contributed by atoms with E-state index in [4.69, 9.17) is 5.26 Å². The molecule has 0 spiro atoms. The Morgan fingerprint density at radius 1 is 1.24 bits per heavy atom. The van der Waals surface area contributed by atoms with E-state index in [9.17, 15) is 0 Å². The van der Waals surface area contributed by atoms with Crippen LogP contribution in [-0.2, 0) is 5.41 Å². The molecular formula is C13H10N4. The molecule has 1 fully saturated rings. The summed E-state index contributed by atoms with van der Waals surface area (Å²) in [6.07, 6.45) is 6.92. The molecule has 2 heterocycles. The molecule has 0 N–H and O–H groups in total. The van der Waals surface area contributed by atoms with E-state index in [1.807, 2.05) is 18.2 Å². The second kappa shape index (κ2) is 3.63. The Hall–Kier alpha value is -2.28. The van der Waals surface area contributed by atoms with Crippen LogP contribution in [0.3, 0.4) is 0 Å². The van der Waals surface area contributed by atoms with Gasteiger partial charge in [0, 0.05) is 24.2 Å². The Morgan fingerprint density at radius 3 is 2.76 bits per heavy atom. The molecular weight excluding hydrogens is 212 g/mol. The van der Waals surface area contributed by atoms with Crippen LogP contribution in [0.25, 0.3) is 11.3 Å². The average molecular weight is 222 g/mol. The SMILES string of the molecule is N#CC1(c2nccc(-c3cccnc3)n2)CC1. The minimum Gasteiger partial charge on any atom is -0.264 e. The summed E-state index contributed by atoms with van der Waals surface area (Å²) in [4.78, 5) is 12.8. The summed E-state index contributed by atoms with van der Waals surface area (Å²) in [6, 6.07) is 7.97. The number of pyridine rings is 1. The van der Waals surface area contributed by atoms with E-state index >= 15 is 0 Å². The first-order chi connectivity index (χ1) is 8.34. The molecule has 0 bridgehead atoms. The van der Waals surface area contributed by atoms with Gasteiger partial charge in [-0.05, 0) is 31.0 Å². The largest absolute Gasteiger partial charge is 0.264 e. The van der Waals surface area contributed by atoms with Crippen LogP contribution < -0.4 is 0 Å². The van der Waals surface area contributed by atoms with Gasteiger partial charge < -0.3 is 0 Å². The molecule has 0 saturated heterocycles. The molecule has 82 valence electrons. The van der Waals surface area contributed by atoms with Crippen molar-refractivity contribution >= 4 is 0 Å². The lowest BCUT2D eigenvalue weighted by atomic mass is 10.1. The lowest BCUT2D eigenvalue weighted by Crippen LogP contribution is -2.09. The predicted molar refractivity (Wildman–Crippen MR) is 61.8 cm³/mol. The van der Waals surface area contributed by atoms with Gasteiger partial charge in [0.1, 0.15) is 11.2 Å². The van der Waals surface area contributed by atoms with Crippen LogP contribution in [0, 0.1) is 11.3 Å². The summed E-state index contributed by atoms with van der Waals surface area (Å²) in [6.45, 7) is 0. The third kappa shape index (κ3) is 1.66. The molecule has 4 nitrogen and oxygen atoms in total. The average Bonchev–Trinajstić information content (AvgIpc) is 3.21. The van der Waals surface area contributed by atoms with E-state index in [1.54, 1.807) is 18.6 Å². The lowest BCUT2D eigenvalue weighted by molar-refractivity contribution is 0.799. The van der Waals surface area contributed by atoms with E-state index in [0.717, 1.165) is 24.1 Å². The maximum Gasteiger partial charge on any atom is 0.149 e. The summed E-state index contributed by atoms with van der Waals surface area (Å²) in [5, 5.41) is 9.13. The zero-order valence-corrected chi connectivity index (χ0v) is 9.17. The fraction of sp³-hybridized carbons (Fsp3) is 0.231. The fourth-order valence-corrected chi connectivity index (χ4v) is 1.77. The maximum atomic E-state index is 9.13. The molecule has 0 amide bonds. The monoisotopic (exact) mass is 222 g/mol. The molecule has 0 atom stereocenters. The van der Waals surface area contributed by atoms with Crippen LogP contribution >= 0.6 is 0 Å². The number of hydrogen-bond donors (Lipinski definition) is 0. The Balaban J connectivity index is 2.04. The van der Waals surface area contributed by atoms with Crippen LogP contribution in [-0.4, -0.2) is 15.0 Å². The van der Waals surface area contributed by atoms with Crippen molar-refractivity contribution in [3.8, 4) is 17.3 Å². The van der Waals surface area contributed by atoms with E-state index in [0.29, 0.717) is 5.82 Å². The Morgan fingerprint density at radius 2 is 2.12 bits per heavy atom. The predicted octanol–water partition coefficient (Wildman–Crippen LogP) is 2.09. The van der Waals surface area contributed by atoms with Gasteiger partial charge in [-0.3, -0.25) is 4.98 Å². The zero-order chi connectivity index (χ0) is 11.7. The van der Waals surface area contributed by atoms with E-state index in [-0.39, 0.29) is 0 Å². The molecule has 1 aliphatic carbocycles. The minimum absolute atomic E-state index is 0.432. The normalized spacial score (nSPS) is 16.2. The third-order valence-electron chi connectivity index (χ3n) is 3.00. The van der Waals surface area contributed by atoms with Crippen LogP contribution in [0.1, 0.15) is 18.7 Å². The Labute approximate surface area is 99.0 Å². The first-order valence-corrected chi connectivity index (χ1v) is 5.49. The molecule has 3 rings (SSSR count). The first-order valence-electron chi connectivity index (χ1n) is 5.49. The first kappa shape index (κ1) is 9.91. The van der Waals surface area contributed by atoms with E-state index < -0.39 is 5.41 Å². The highest BCUT2D eigenvalue weighted by atomic mass is 14.9. The highest BCUT2D eigenvalue weighted by molar-refractivity contribution is 5.57. The van der Waals surface area contributed by atoms with Crippen molar-refractivity contribution in [3.05, 3.63) is 42.6 Å². The molecule has 17 heavy (non-hydrogen) atoms. The molecule has 0 aliphatic heterocycles. The van der Waals surface area contributed by atoms with Gasteiger partial charge in [0.25, 0.3) is 0 Å². The quantitative estimate of drug-likeness (QED) is 0.780. The minimum atomic E-state index is -0.432. The molecule has 0 radical (unpaired) electrons. The highest BCUT2D eigenvalue weighted by Crippen LogP contribution is 2.45. The van der Waals surface area contributed by atoms with E-state index in [1.165, 1.54) is 0 Å². The molecule has 4 heteroatoms. The summed E-state index contributed by atoms with van der Waals surface area (Å²) in [5.41, 5.74) is 1.34. The van der Waals surface area contributed by atoms with Gasteiger partial charge in [0.15, 0.2) is 0 Å². The number of aromatic nitrogens is 3. The van der Waals surface area contributed by atoms with Gasteiger partial charge in [-0.1, -0.05) is 0 Å². The van der Waals surface area contributed by atoms with Crippen molar-refractivity contribution in [3.63, 3.8) is 0 Å². The molecule has 1 aliphatic rings. The second-order valence-electron chi connectivity index (χ2n) is 4.20. The number of nitriles is 1. The van der Waals surface area contributed by atoms with Gasteiger partial charge in [0.05, 0.1) is 11.8 Å². The third-order valence-corrected chi connectivity index (χ3v) is 3.00. The maximum absolute atomic E-state index is 9.13. The van der Waals surface area contributed by atoms with Gasteiger partial charge in [-0.15, -0.1) is 0 Å².